The largest absolute Gasteiger partial charge is 0.336 e. The van der Waals surface area contributed by atoms with E-state index in [1.807, 2.05) is 11.8 Å². The van der Waals surface area contributed by atoms with E-state index in [0.29, 0.717) is 30.3 Å². The quantitative estimate of drug-likeness (QED) is 0.785. The van der Waals surface area contributed by atoms with Gasteiger partial charge in [-0.05, 0) is 61.5 Å². The van der Waals surface area contributed by atoms with Gasteiger partial charge in [0.05, 0.1) is 0 Å². The average molecular weight is 416 g/mol. The van der Waals surface area contributed by atoms with Crippen LogP contribution in [0.15, 0.2) is 46.0 Å². The Morgan fingerprint density at radius 1 is 1.31 bits per heavy atom. The van der Waals surface area contributed by atoms with Crippen LogP contribution in [0.3, 0.4) is 0 Å². The van der Waals surface area contributed by atoms with Crippen LogP contribution in [0.4, 0.5) is 5.69 Å². The number of nitrogens with zero attached hydrogens (tertiary/aromatic N) is 1. The number of benzene rings is 1. The molecule has 1 amide bonds. The standard InChI is InChI=1S/C17H21N3O3S2.ClH/c1-12-9-13(10-18)11-20(12)17(21)14-4-6-15(7-5-14)19-25(22,23)16-3-2-8-24-16;/h2-8,12-13,19H,9-11,18H2,1H3;1H. The molecule has 1 aliphatic rings. The molecule has 0 saturated carbocycles. The van der Waals surface area contributed by atoms with Crippen molar-refractivity contribution in [3.05, 3.63) is 47.3 Å². The van der Waals surface area contributed by atoms with Crippen LogP contribution in [0.5, 0.6) is 0 Å². The Hall–Kier alpha value is -1.61. The van der Waals surface area contributed by atoms with Gasteiger partial charge in [-0.25, -0.2) is 8.42 Å². The minimum Gasteiger partial charge on any atom is -0.336 e. The van der Waals surface area contributed by atoms with E-state index in [2.05, 4.69) is 4.72 Å². The van der Waals surface area contributed by atoms with Crippen LogP contribution in [0, 0.1) is 5.92 Å². The van der Waals surface area contributed by atoms with Gasteiger partial charge in [-0.3, -0.25) is 9.52 Å². The molecule has 3 N–H and O–H groups in total. The van der Waals surface area contributed by atoms with E-state index in [1.165, 1.54) is 0 Å². The lowest BCUT2D eigenvalue weighted by molar-refractivity contribution is 0.0743. The molecule has 0 aliphatic carbocycles. The van der Waals surface area contributed by atoms with Crippen LogP contribution >= 0.6 is 23.7 Å². The summed E-state index contributed by atoms with van der Waals surface area (Å²) in [6.45, 7) is 3.28. The van der Waals surface area contributed by atoms with Gasteiger partial charge >= 0.3 is 0 Å². The van der Waals surface area contributed by atoms with Crippen LogP contribution in [-0.2, 0) is 10.0 Å². The molecular formula is C17H22ClN3O3S2. The monoisotopic (exact) mass is 415 g/mol. The molecule has 6 nitrogen and oxygen atoms in total. The highest BCUT2D eigenvalue weighted by atomic mass is 35.5. The third kappa shape index (κ3) is 4.37. The molecule has 2 atom stereocenters. The molecule has 1 aromatic carbocycles. The molecule has 1 fully saturated rings. The Morgan fingerprint density at radius 3 is 2.54 bits per heavy atom. The average Bonchev–Trinajstić information content (AvgIpc) is 3.24. The van der Waals surface area contributed by atoms with Crippen molar-refractivity contribution in [1.29, 1.82) is 0 Å². The Bertz CT molecular complexity index is 839. The van der Waals surface area contributed by atoms with Gasteiger partial charge in [0.25, 0.3) is 15.9 Å². The summed E-state index contributed by atoms with van der Waals surface area (Å²) < 4.78 is 27.2. The summed E-state index contributed by atoms with van der Waals surface area (Å²) in [5.41, 5.74) is 6.69. The SMILES string of the molecule is CC1CC(CN)CN1C(=O)c1ccc(NS(=O)(=O)c2cccs2)cc1.Cl. The summed E-state index contributed by atoms with van der Waals surface area (Å²) >= 11 is 1.16. The lowest BCUT2D eigenvalue weighted by Crippen LogP contribution is -2.34. The molecule has 2 heterocycles. The number of hydrogen-bond acceptors (Lipinski definition) is 5. The topological polar surface area (TPSA) is 92.5 Å². The first-order chi connectivity index (χ1) is 11.9. The molecule has 1 aromatic heterocycles. The number of thiophene rings is 1. The third-order valence-corrected chi connectivity index (χ3v) is 7.18. The van der Waals surface area contributed by atoms with Crippen LogP contribution in [-0.4, -0.2) is 38.4 Å². The zero-order chi connectivity index (χ0) is 18.0. The minimum absolute atomic E-state index is 0. The molecule has 0 spiro atoms. The fourth-order valence-corrected chi connectivity index (χ4v) is 5.12. The second-order valence-electron chi connectivity index (χ2n) is 6.26. The molecule has 3 rings (SSSR count). The van der Waals surface area contributed by atoms with Gasteiger partial charge in [-0.1, -0.05) is 6.07 Å². The van der Waals surface area contributed by atoms with Crippen molar-refractivity contribution in [2.24, 2.45) is 11.7 Å². The molecule has 2 unspecified atom stereocenters. The predicted octanol–water partition coefficient (Wildman–Crippen LogP) is 2.78. The van der Waals surface area contributed by atoms with Crippen molar-refractivity contribution in [3.8, 4) is 0 Å². The van der Waals surface area contributed by atoms with Crippen molar-refractivity contribution in [3.63, 3.8) is 0 Å². The van der Waals surface area contributed by atoms with E-state index in [0.717, 1.165) is 17.8 Å². The first-order valence-electron chi connectivity index (χ1n) is 8.08. The minimum atomic E-state index is -3.58. The summed E-state index contributed by atoms with van der Waals surface area (Å²) in [6, 6.07) is 9.92. The lowest BCUT2D eigenvalue weighted by atomic mass is 10.1. The number of carbonyl (C=O) groups excluding carboxylic acids is 1. The molecular weight excluding hydrogens is 394 g/mol. The molecule has 1 saturated heterocycles. The van der Waals surface area contributed by atoms with E-state index in [1.54, 1.807) is 41.8 Å². The van der Waals surface area contributed by atoms with Crippen LogP contribution in [0.2, 0.25) is 0 Å². The molecule has 0 radical (unpaired) electrons. The lowest BCUT2D eigenvalue weighted by Gasteiger charge is -2.21. The van der Waals surface area contributed by atoms with Gasteiger partial charge in [0, 0.05) is 23.8 Å². The Morgan fingerprint density at radius 2 is 2.00 bits per heavy atom. The highest BCUT2D eigenvalue weighted by molar-refractivity contribution is 7.94. The van der Waals surface area contributed by atoms with Gasteiger partial charge in [-0.2, -0.15) is 0 Å². The van der Waals surface area contributed by atoms with Gasteiger partial charge < -0.3 is 10.6 Å². The molecule has 26 heavy (non-hydrogen) atoms. The zero-order valence-corrected chi connectivity index (χ0v) is 16.7. The van der Waals surface area contributed by atoms with Crippen LogP contribution in [0.1, 0.15) is 23.7 Å². The number of amides is 1. The van der Waals surface area contributed by atoms with Crippen LogP contribution in [0.25, 0.3) is 0 Å². The Labute approximate surface area is 163 Å². The molecule has 1 aliphatic heterocycles. The second kappa shape index (κ2) is 8.39. The number of halogens is 1. The number of anilines is 1. The van der Waals surface area contributed by atoms with Gasteiger partial charge in [0.1, 0.15) is 4.21 Å². The zero-order valence-electron chi connectivity index (χ0n) is 14.3. The van der Waals surface area contributed by atoms with Crippen molar-refractivity contribution in [2.45, 2.75) is 23.6 Å². The number of likely N-dealkylation sites (tertiary alicyclic amines) is 1. The first-order valence-corrected chi connectivity index (χ1v) is 10.4. The summed E-state index contributed by atoms with van der Waals surface area (Å²) in [5.74, 6) is 0.298. The van der Waals surface area contributed by atoms with E-state index in [-0.39, 0.29) is 28.6 Å². The van der Waals surface area contributed by atoms with Gasteiger partial charge in [0.15, 0.2) is 0 Å². The third-order valence-electron chi connectivity index (χ3n) is 4.40. The molecule has 0 bridgehead atoms. The highest BCUT2D eigenvalue weighted by Crippen LogP contribution is 2.25. The first kappa shape index (κ1) is 20.7. The van der Waals surface area contributed by atoms with Gasteiger partial charge in [0.2, 0.25) is 0 Å². The smallest absolute Gasteiger partial charge is 0.271 e. The van der Waals surface area contributed by atoms with Crippen molar-refractivity contribution < 1.29 is 13.2 Å². The number of hydrogen-bond donors (Lipinski definition) is 2. The summed E-state index contributed by atoms with van der Waals surface area (Å²) in [6.07, 6.45) is 0.918. The summed E-state index contributed by atoms with van der Waals surface area (Å²) in [4.78, 5) is 14.5. The number of carbonyl (C=O) groups is 1. The van der Waals surface area contributed by atoms with E-state index in [9.17, 15) is 13.2 Å². The van der Waals surface area contributed by atoms with Crippen molar-refractivity contribution >= 4 is 45.4 Å². The maximum absolute atomic E-state index is 12.7. The van der Waals surface area contributed by atoms with E-state index >= 15 is 0 Å². The van der Waals surface area contributed by atoms with E-state index in [4.69, 9.17) is 5.73 Å². The number of nitrogens with one attached hydrogen (secondary N) is 1. The maximum Gasteiger partial charge on any atom is 0.271 e. The highest BCUT2D eigenvalue weighted by Gasteiger charge is 2.32. The number of sulfonamides is 1. The fourth-order valence-electron chi connectivity index (χ4n) is 3.06. The molecule has 9 heteroatoms. The predicted molar refractivity (Wildman–Crippen MR) is 106 cm³/mol. The second-order valence-corrected chi connectivity index (χ2v) is 9.12. The van der Waals surface area contributed by atoms with Crippen LogP contribution < -0.4 is 10.5 Å². The number of rotatable bonds is 5. The molecule has 142 valence electrons. The van der Waals surface area contributed by atoms with Crippen molar-refractivity contribution in [1.82, 2.24) is 4.90 Å². The fraction of sp³-hybridized carbons (Fsp3) is 0.353. The van der Waals surface area contributed by atoms with Crippen molar-refractivity contribution in [2.75, 3.05) is 17.8 Å². The normalized spacial score (nSPS) is 19.8. The summed E-state index contributed by atoms with van der Waals surface area (Å²) in [7, 11) is -3.58. The number of nitrogens with two attached hydrogens (primary N) is 1. The van der Waals surface area contributed by atoms with Gasteiger partial charge in [-0.15, -0.1) is 23.7 Å². The Kier molecular flexibility index (Phi) is 6.68. The Balaban J connectivity index is 0.00000243. The molecule has 2 aromatic rings. The maximum atomic E-state index is 12.7. The summed E-state index contributed by atoms with van der Waals surface area (Å²) in [5, 5.41) is 1.71. The van der Waals surface area contributed by atoms with E-state index < -0.39 is 10.0 Å².